The second kappa shape index (κ2) is 7.96. The summed E-state index contributed by atoms with van der Waals surface area (Å²) in [5.74, 6) is 0.807. The molecule has 0 radical (unpaired) electrons. The van der Waals surface area contributed by atoms with Gasteiger partial charge < -0.3 is 14.8 Å². The molecule has 2 aromatic carbocycles. The number of carbonyl (C=O) groups is 1. The molecule has 0 aliphatic carbocycles. The number of carbonyl (C=O) groups excluding carboxylic acids is 1. The molecule has 0 fully saturated rings. The van der Waals surface area contributed by atoms with Gasteiger partial charge in [0.2, 0.25) is 5.91 Å². The fraction of sp³-hybridized carbons (Fsp3) is 0.167. The van der Waals surface area contributed by atoms with Crippen molar-refractivity contribution in [2.24, 2.45) is 0 Å². The van der Waals surface area contributed by atoms with E-state index in [2.05, 4.69) is 5.32 Å². The summed E-state index contributed by atoms with van der Waals surface area (Å²) >= 11 is 0. The molecule has 0 aliphatic heterocycles. The fourth-order valence-electron chi connectivity index (χ4n) is 2.25. The molecule has 0 aromatic heterocycles. The zero-order chi connectivity index (χ0) is 18.4. The Morgan fingerprint density at radius 3 is 2.60 bits per heavy atom. The number of hydrogen-bond acceptors (Lipinski definition) is 5. The Kier molecular flexibility index (Phi) is 5.73. The van der Waals surface area contributed by atoms with Crippen molar-refractivity contribution in [1.29, 1.82) is 0 Å². The number of anilines is 1. The van der Waals surface area contributed by atoms with Crippen LogP contribution in [-0.2, 0) is 4.79 Å². The first-order valence-electron chi connectivity index (χ1n) is 7.41. The lowest BCUT2D eigenvalue weighted by Crippen LogP contribution is -2.09. The number of nitrogens with zero attached hydrogens (tertiary/aromatic N) is 1. The lowest BCUT2D eigenvalue weighted by Gasteiger charge is -2.08. The summed E-state index contributed by atoms with van der Waals surface area (Å²) in [7, 11) is 3.08. The van der Waals surface area contributed by atoms with Crippen LogP contribution in [0.1, 0.15) is 11.1 Å². The van der Waals surface area contributed by atoms with Gasteiger partial charge in [0.25, 0.3) is 5.69 Å². The summed E-state index contributed by atoms with van der Waals surface area (Å²) in [6.45, 7) is 1.59. The minimum atomic E-state index is -0.483. The van der Waals surface area contributed by atoms with E-state index < -0.39 is 10.8 Å². The summed E-state index contributed by atoms with van der Waals surface area (Å²) in [6, 6.07) is 9.76. The van der Waals surface area contributed by atoms with Gasteiger partial charge in [0.05, 0.1) is 30.4 Å². The van der Waals surface area contributed by atoms with Crippen LogP contribution < -0.4 is 14.8 Å². The first-order chi connectivity index (χ1) is 12.0. The van der Waals surface area contributed by atoms with Crippen LogP contribution in [0.2, 0.25) is 0 Å². The maximum atomic E-state index is 12.1. The number of nitrogens with one attached hydrogen (secondary N) is 1. The van der Waals surface area contributed by atoms with Gasteiger partial charge in [-0.25, -0.2) is 0 Å². The largest absolute Gasteiger partial charge is 0.497 e. The highest BCUT2D eigenvalue weighted by atomic mass is 16.6. The average Bonchev–Trinajstić information content (AvgIpc) is 2.61. The van der Waals surface area contributed by atoms with E-state index in [-0.39, 0.29) is 5.69 Å². The Hall–Kier alpha value is -3.35. The van der Waals surface area contributed by atoms with E-state index in [0.29, 0.717) is 28.3 Å². The zero-order valence-corrected chi connectivity index (χ0v) is 14.1. The highest BCUT2D eigenvalue weighted by molar-refractivity contribution is 6.02. The molecule has 2 aromatic rings. The van der Waals surface area contributed by atoms with Crippen LogP contribution in [0.4, 0.5) is 11.4 Å². The lowest BCUT2D eigenvalue weighted by atomic mass is 10.1. The van der Waals surface area contributed by atoms with Crippen molar-refractivity contribution in [2.45, 2.75) is 6.92 Å². The highest BCUT2D eigenvalue weighted by Gasteiger charge is 2.14. The number of hydrogen-bond donors (Lipinski definition) is 1. The van der Waals surface area contributed by atoms with Crippen LogP contribution in [0.3, 0.4) is 0 Å². The monoisotopic (exact) mass is 342 g/mol. The Morgan fingerprint density at radius 2 is 1.96 bits per heavy atom. The Morgan fingerprint density at radius 1 is 1.20 bits per heavy atom. The molecule has 7 nitrogen and oxygen atoms in total. The number of nitro groups is 1. The molecule has 1 amide bonds. The molecule has 0 saturated heterocycles. The second-order valence-corrected chi connectivity index (χ2v) is 5.14. The summed E-state index contributed by atoms with van der Waals surface area (Å²) in [5, 5.41) is 13.6. The van der Waals surface area contributed by atoms with Crippen molar-refractivity contribution in [2.75, 3.05) is 19.5 Å². The molecule has 0 unspecified atom stereocenters. The number of benzene rings is 2. The number of amides is 1. The van der Waals surface area contributed by atoms with Crippen LogP contribution in [0.25, 0.3) is 6.08 Å². The molecule has 0 heterocycles. The molecule has 7 heteroatoms. The molecule has 0 bridgehead atoms. The number of nitro benzene ring substituents is 1. The normalized spacial score (nSPS) is 10.5. The maximum Gasteiger partial charge on any atom is 0.274 e. The van der Waals surface area contributed by atoms with E-state index in [4.69, 9.17) is 9.47 Å². The Balaban J connectivity index is 2.17. The predicted octanol–water partition coefficient (Wildman–Crippen LogP) is 3.57. The number of rotatable bonds is 6. The third-order valence-electron chi connectivity index (χ3n) is 3.61. The summed E-state index contributed by atoms with van der Waals surface area (Å²) in [5.41, 5.74) is 1.45. The van der Waals surface area contributed by atoms with Gasteiger partial charge in [0, 0.05) is 23.8 Å². The molecule has 2 rings (SSSR count). The molecule has 25 heavy (non-hydrogen) atoms. The third kappa shape index (κ3) is 4.35. The summed E-state index contributed by atoms with van der Waals surface area (Å²) in [6.07, 6.45) is 2.93. The van der Waals surface area contributed by atoms with Gasteiger partial charge >= 0.3 is 0 Å². The average molecular weight is 342 g/mol. The Labute approximate surface area is 145 Å². The summed E-state index contributed by atoms with van der Waals surface area (Å²) in [4.78, 5) is 22.6. The van der Waals surface area contributed by atoms with Crippen LogP contribution in [0.5, 0.6) is 11.5 Å². The summed E-state index contributed by atoms with van der Waals surface area (Å²) < 4.78 is 10.4. The van der Waals surface area contributed by atoms with E-state index in [0.717, 1.165) is 0 Å². The van der Waals surface area contributed by atoms with Gasteiger partial charge in [-0.1, -0.05) is 6.07 Å². The van der Waals surface area contributed by atoms with E-state index >= 15 is 0 Å². The minimum absolute atomic E-state index is 0.0430. The lowest BCUT2D eigenvalue weighted by molar-refractivity contribution is -0.385. The molecular formula is C18H18N2O5. The van der Waals surface area contributed by atoms with Crippen LogP contribution in [-0.4, -0.2) is 25.1 Å². The van der Waals surface area contributed by atoms with Crippen LogP contribution in [0, 0.1) is 17.0 Å². The molecule has 130 valence electrons. The fourth-order valence-corrected chi connectivity index (χ4v) is 2.25. The van der Waals surface area contributed by atoms with E-state index in [1.54, 1.807) is 44.4 Å². The second-order valence-electron chi connectivity index (χ2n) is 5.14. The number of methoxy groups -OCH3 is 2. The molecule has 0 spiro atoms. The zero-order valence-electron chi connectivity index (χ0n) is 14.1. The minimum Gasteiger partial charge on any atom is -0.497 e. The third-order valence-corrected chi connectivity index (χ3v) is 3.61. The topological polar surface area (TPSA) is 90.7 Å². The highest BCUT2D eigenvalue weighted by Crippen LogP contribution is 2.26. The first kappa shape index (κ1) is 18.0. The quantitative estimate of drug-likeness (QED) is 0.492. The first-order valence-corrected chi connectivity index (χ1v) is 7.41. The van der Waals surface area contributed by atoms with Gasteiger partial charge in [-0.2, -0.15) is 0 Å². The van der Waals surface area contributed by atoms with Gasteiger partial charge in [0.15, 0.2) is 0 Å². The van der Waals surface area contributed by atoms with Crippen LogP contribution in [0.15, 0.2) is 42.5 Å². The Bertz CT molecular complexity index is 830. The van der Waals surface area contributed by atoms with Crippen molar-refractivity contribution in [3.05, 3.63) is 63.7 Å². The van der Waals surface area contributed by atoms with Crippen LogP contribution >= 0.6 is 0 Å². The molecule has 0 atom stereocenters. The SMILES string of the molecule is COc1ccc(/C=C/C(=O)Nc2cccc([N+](=O)[O-])c2C)c(OC)c1. The van der Waals surface area contributed by atoms with Gasteiger partial charge in [-0.3, -0.25) is 14.9 Å². The van der Waals surface area contributed by atoms with Crippen molar-refractivity contribution in [3.8, 4) is 11.5 Å². The molecule has 0 saturated carbocycles. The van der Waals surface area contributed by atoms with Crippen molar-refractivity contribution in [1.82, 2.24) is 0 Å². The maximum absolute atomic E-state index is 12.1. The predicted molar refractivity (Wildman–Crippen MR) is 95.0 cm³/mol. The number of ether oxygens (including phenoxy) is 2. The molecular weight excluding hydrogens is 324 g/mol. The molecule has 1 N–H and O–H groups in total. The molecule has 0 aliphatic rings. The standard InChI is InChI=1S/C18H18N2O5/c1-12-15(5-4-6-16(12)20(22)23)19-18(21)10-8-13-7-9-14(24-2)11-17(13)25-3/h4-11H,1-3H3,(H,19,21)/b10-8+. The van der Waals surface area contributed by atoms with Crippen molar-refractivity contribution >= 4 is 23.4 Å². The van der Waals surface area contributed by atoms with Gasteiger partial charge in [0.1, 0.15) is 11.5 Å². The van der Waals surface area contributed by atoms with Gasteiger partial charge in [-0.15, -0.1) is 0 Å². The smallest absolute Gasteiger partial charge is 0.274 e. The van der Waals surface area contributed by atoms with E-state index in [1.165, 1.54) is 25.3 Å². The van der Waals surface area contributed by atoms with E-state index in [9.17, 15) is 14.9 Å². The van der Waals surface area contributed by atoms with Crippen molar-refractivity contribution < 1.29 is 19.2 Å². The van der Waals surface area contributed by atoms with E-state index in [1.807, 2.05) is 0 Å². The van der Waals surface area contributed by atoms with Crippen molar-refractivity contribution in [3.63, 3.8) is 0 Å². The van der Waals surface area contributed by atoms with Gasteiger partial charge in [-0.05, 0) is 31.2 Å².